The summed E-state index contributed by atoms with van der Waals surface area (Å²) in [6.45, 7) is 3.52. The summed E-state index contributed by atoms with van der Waals surface area (Å²) in [7, 11) is 0. The molecule has 4 heteroatoms. The fourth-order valence-electron chi connectivity index (χ4n) is 2.14. The van der Waals surface area contributed by atoms with Crippen LogP contribution in [-0.2, 0) is 0 Å². The van der Waals surface area contributed by atoms with Crippen molar-refractivity contribution < 1.29 is 10.4 Å². The first-order valence-corrected chi connectivity index (χ1v) is 6.73. The Labute approximate surface area is 124 Å². The van der Waals surface area contributed by atoms with Gasteiger partial charge in [-0.15, -0.1) is 0 Å². The van der Waals surface area contributed by atoms with Crippen molar-refractivity contribution >= 4 is 11.4 Å². The quantitative estimate of drug-likeness (QED) is 0.505. The van der Waals surface area contributed by atoms with Gasteiger partial charge in [0.15, 0.2) is 0 Å². The topological polar surface area (TPSA) is 65.2 Å². The molecule has 1 unspecified atom stereocenters. The Hall–Kier alpha value is -2.62. The molecule has 0 aliphatic heterocycles. The lowest BCUT2D eigenvalue weighted by molar-refractivity contribution is 0.312. The summed E-state index contributed by atoms with van der Waals surface area (Å²) in [6.07, 6.45) is 0. The number of hydrogen-bond donors (Lipinski definition) is 2. The molecule has 21 heavy (non-hydrogen) atoms. The molecule has 108 valence electrons. The molecule has 0 fully saturated rings. The summed E-state index contributed by atoms with van der Waals surface area (Å²) in [6, 6.07) is 17.8. The van der Waals surface area contributed by atoms with Crippen molar-refractivity contribution in [2.24, 2.45) is 16.2 Å². The predicted molar refractivity (Wildman–Crippen MR) is 84.3 cm³/mol. The van der Waals surface area contributed by atoms with Gasteiger partial charge in [-0.3, -0.25) is 0 Å². The molecular formula is C17H18N2O2. The van der Waals surface area contributed by atoms with Gasteiger partial charge >= 0.3 is 0 Å². The minimum absolute atomic E-state index is 0.262. The van der Waals surface area contributed by atoms with Crippen LogP contribution in [-0.4, -0.2) is 21.8 Å². The summed E-state index contributed by atoms with van der Waals surface area (Å²) in [5.41, 5.74) is 4.00. The van der Waals surface area contributed by atoms with E-state index in [2.05, 4.69) is 10.3 Å². The van der Waals surface area contributed by atoms with Crippen molar-refractivity contribution in [2.75, 3.05) is 0 Å². The Bertz CT molecular complexity index is 646. The van der Waals surface area contributed by atoms with Crippen LogP contribution in [0.15, 0.2) is 64.9 Å². The van der Waals surface area contributed by atoms with Crippen molar-refractivity contribution in [1.82, 2.24) is 0 Å². The minimum Gasteiger partial charge on any atom is -0.411 e. The highest BCUT2D eigenvalue weighted by molar-refractivity contribution is 6.13. The van der Waals surface area contributed by atoms with Crippen molar-refractivity contribution in [3.63, 3.8) is 0 Å². The minimum atomic E-state index is -0.262. The second-order valence-corrected chi connectivity index (χ2v) is 4.89. The average Bonchev–Trinajstić information content (AvgIpc) is 2.56. The highest BCUT2D eigenvalue weighted by atomic mass is 16.4. The SMILES string of the molecule is C/C(=N\O)C(C)/C(=N/O)c1ccc(-c2ccccc2)cc1. The van der Waals surface area contributed by atoms with E-state index in [0.717, 1.165) is 16.7 Å². The van der Waals surface area contributed by atoms with Crippen LogP contribution in [0.5, 0.6) is 0 Å². The van der Waals surface area contributed by atoms with Gasteiger partial charge in [0.05, 0.1) is 11.4 Å². The van der Waals surface area contributed by atoms with Crippen molar-refractivity contribution in [2.45, 2.75) is 13.8 Å². The van der Waals surface area contributed by atoms with Crippen LogP contribution in [0.25, 0.3) is 11.1 Å². The Kier molecular flexibility index (Phi) is 4.72. The smallest absolute Gasteiger partial charge is 0.0953 e. The zero-order valence-corrected chi connectivity index (χ0v) is 12.1. The van der Waals surface area contributed by atoms with Gasteiger partial charge in [0, 0.05) is 11.5 Å². The molecule has 0 saturated carbocycles. The van der Waals surface area contributed by atoms with E-state index in [-0.39, 0.29) is 5.92 Å². The van der Waals surface area contributed by atoms with E-state index in [1.54, 1.807) is 6.92 Å². The Balaban J connectivity index is 2.30. The zero-order chi connectivity index (χ0) is 15.2. The zero-order valence-electron chi connectivity index (χ0n) is 12.1. The van der Waals surface area contributed by atoms with Crippen LogP contribution < -0.4 is 0 Å². The fourth-order valence-corrected chi connectivity index (χ4v) is 2.14. The van der Waals surface area contributed by atoms with Crippen LogP contribution in [0.1, 0.15) is 19.4 Å². The van der Waals surface area contributed by atoms with Crippen LogP contribution in [0.3, 0.4) is 0 Å². The maximum atomic E-state index is 9.23. The lowest BCUT2D eigenvalue weighted by atomic mass is 9.93. The maximum Gasteiger partial charge on any atom is 0.0953 e. The molecule has 0 heterocycles. The molecule has 2 N–H and O–H groups in total. The highest BCUT2D eigenvalue weighted by Gasteiger charge is 2.17. The second kappa shape index (κ2) is 6.70. The molecule has 2 aromatic carbocycles. The molecule has 4 nitrogen and oxygen atoms in total. The number of oxime groups is 2. The number of benzene rings is 2. The van der Waals surface area contributed by atoms with Gasteiger partial charge in [0.25, 0.3) is 0 Å². The standard InChI is InChI=1S/C17H18N2O2/c1-12(13(2)18-20)17(19-21)16-10-8-15(9-11-16)14-6-4-3-5-7-14/h3-12,20-21H,1-2H3/b18-13+,19-17-. The lowest BCUT2D eigenvalue weighted by Crippen LogP contribution is -2.20. The number of rotatable bonds is 4. The maximum absolute atomic E-state index is 9.23. The molecule has 0 amide bonds. The molecule has 2 rings (SSSR count). The van der Waals surface area contributed by atoms with Crippen molar-refractivity contribution in [3.8, 4) is 11.1 Å². The van der Waals surface area contributed by atoms with E-state index in [1.807, 2.05) is 61.5 Å². The fraction of sp³-hybridized carbons (Fsp3) is 0.176. The largest absolute Gasteiger partial charge is 0.411 e. The van der Waals surface area contributed by atoms with Gasteiger partial charge in [-0.05, 0) is 18.1 Å². The normalized spacial score (nSPS) is 14.0. The molecule has 0 aliphatic rings. The van der Waals surface area contributed by atoms with Crippen LogP contribution in [0.2, 0.25) is 0 Å². The predicted octanol–water partition coefficient (Wildman–Crippen LogP) is 4.02. The van der Waals surface area contributed by atoms with Gasteiger partial charge in [-0.25, -0.2) is 0 Å². The molecule has 0 radical (unpaired) electrons. The third kappa shape index (κ3) is 3.28. The molecule has 2 aromatic rings. The first-order valence-electron chi connectivity index (χ1n) is 6.73. The average molecular weight is 282 g/mol. The summed E-state index contributed by atoms with van der Waals surface area (Å²) >= 11 is 0. The van der Waals surface area contributed by atoms with E-state index in [4.69, 9.17) is 5.21 Å². The van der Waals surface area contributed by atoms with Crippen LogP contribution in [0.4, 0.5) is 0 Å². The summed E-state index contributed by atoms with van der Waals surface area (Å²) in [5.74, 6) is -0.262. The second-order valence-electron chi connectivity index (χ2n) is 4.89. The molecule has 0 saturated heterocycles. The Morgan fingerprint density at radius 3 is 1.95 bits per heavy atom. The number of nitrogens with zero attached hydrogens (tertiary/aromatic N) is 2. The monoisotopic (exact) mass is 282 g/mol. The van der Waals surface area contributed by atoms with E-state index in [0.29, 0.717) is 11.4 Å². The molecule has 1 atom stereocenters. The Morgan fingerprint density at radius 2 is 1.43 bits per heavy atom. The molecule has 0 bridgehead atoms. The first-order chi connectivity index (χ1) is 10.2. The Morgan fingerprint density at radius 1 is 0.857 bits per heavy atom. The van der Waals surface area contributed by atoms with Crippen molar-refractivity contribution in [1.29, 1.82) is 0 Å². The first kappa shape index (κ1) is 14.8. The third-order valence-electron chi connectivity index (χ3n) is 3.59. The van der Waals surface area contributed by atoms with Crippen LogP contribution in [0, 0.1) is 5.92 Å². The third-order valence-corrected chi connectivity index (χ3v) is 3.59. The lowest BCUT2D eigenvalue weighted by Gasteiger charge is -2.12. The molecule has 0 aromatic heterocycles. The summed E-state index contributed by atoms with van der Waals surface area (Å²) < 4.78 is 0. The molecular weight excluding hydrogens is 264 g/mol. The van der Waals surface area contributed by atoms with E-state index < -0.39 is 0 Å². The van der Waals surface area contributed by atoms with Gasteiger partial charge in [-0.2, -0.15) is 0 Å². The van der Waals surface area contributed by atoms with Gasteiger partial charge in [-0.1, -0.05) is 71.8 Å². The number of hydrogen-bond acceptors (Lipinski definition) is 4. The van der Waals surface area contributed by atoms with Gasteiger partial charge in [0.2, 0.25) is 0 Å². The van der Waals surface area contributed by atoms with Crippen molar-refractivity contribution in [3.05, 3.63) is 60.2 Å². The van der Waals surface area contributed by atoms with E-state index in [9.17, 15) is 5.21 Å². The molecule has 0 spiro atoms. The van der Waals surface area contributed by atoms with Gasteiger partial charge < -0.3 is 10.4 Å². The van der Waals surface area contributed by atoms with E-state index >= 15 is 0 Å². The van der Waals surface area contributed by atoms with Gasteiger partial charge in [0.1, 0.15) is 0 Å². The highest BCUT2D eigenvalue weighted by Crippen LogP contribution is 2.21. The van der Waals surface area contributed by atoms with E-state index in [1.165, 1.54) is 0 Å². The summed E-state index contributed by atoms with van der Waals surface area (Å²) in [4.78, 5) is 0. The summed E-state index contributed by atoms with van der Waals surface area (Å²) in [5, 5.41) is 24.6. The molecule has 0 aliphatic carbocycles. The van der Waals surface area contributed by atoms with Crippen LogP contribution >= 0.6 is 0 Å².